The normalized spacial score (nSPS) is 20.2. The average Bonchev–Trinajstić information content (AvgIpc) is 2.97. The van der Waals surface area contributed by atoms with Gasteiger partial charge in [0.15, 0.2) is 0 Å². The van der Waals surface area contributed by atoms with E-state index >= 15 is 0 Å². The lowest BCUT2D eigenvalue weighted by atomic mass is 9.72. The molecule has 0 unspecified atom stereocenters. The lowest BCUT2D eigenvalue weighted by molar-refractivity contribution is -0.147. The van der Waals surface area contributed by atoms with Gasteiger partial charge in [0.05, 0.1) is 23.6 Å². The number of sulfonamides is 1. The third kappa shape index (κ3) is 3.12. The average molecular weight is 388 g/mol. The fraction of sp³-hybridized carbons (Fsp3) is 0.381. The van der Waals surface area contributed by atoms with Crippen LogP contribution >= 0.6 is 0 Å². The van der Waals surface area contributed by atoms with Gasteiger partial charge in [-0.05, 0) is 37.1 Å². The van der Waals surface area contributed by atoms with E-state index in [1.54, 1.807) is 30.3 Å². The van der Waals surface area contributed by atoms with Crippen molar-refractivity contribution < 1.29 is 17.9 Å². The molecule has 5 nitrogen and oxygen atoms in total. The van der Waals surface area contributed by atoms with Gasteiger partial charge in [0.1, 0.15) is 0 Å². The van der Waals surface area contributed by atoms with Gasteiger partial charge in [-0.3, -0.25) is 9.10 Å². The van der Waals surface area contributed by atoms with E-state index in [2.05, 4.69) is 0 Å². The minimum atomic E-state index is -3.73. The fourth-order valence-corrected chi connectivity index (χ4v) is 5.60. The van der Waals surface area contributed by atoms with Crippen molar-refractivity contribution in [1.82, 2.24) is 0 Å². The second-order valence-corrected chi connectivity index (χ2v) is 9.11. The molecule has 1 aliphatic heterocycles. The van der Waals surface area contributed by atoms with Crippen molar-refractivity contribution in [1.29, 1.82) is 0 Å². The van der Waals surface area contributed by atoms with E-state index in [1.807, 2.05) is 39.0 Å². The van der Waals surface area contributed by atoms with E-state index in [1.165, 1.54) is 11.4 Å². The van der Waals surface area contributed by atoms with Crippen LogP contribution < -0.4 is 4.31 Å². The van der Waals surface area contributed by atoms with Gasteiger partial charge in [0, 0.05) is 12.0 Å². The molecule has 0 fully saturated rings. The first-order valence-electron chi connectivity index (χ1n) is 9.02. The van der Waals surface area contributed by atoms with Crippen molar-refractivity contribution in [2.45, 2.75) is 37.5 Å². The van der Waals surface area contributed by atoms with Gasteiger partial charge in [0.2, 0.25) is 0 Å². The molecule has 6 heteroatoms. The first-order chi connectivity index (χ1) is 12.8. The van der Waals surface area contributed by atoms with Gasteiger partial charge >= 0.3 is 5.97 Å². The minimum Gasteiger partial charge on any atom is -0.469 e. The van der Waals surface area contributed by atoms with Gasteiger partial charge in [-0.15, -0.1) is 0 Å². The first kappa shape index (κ1) is 19.4. The number of esters is 1. The number of benzene rings is 2. The number of anilines is 1. The highest BCUT2D eigenvalue weighted by Gasteiger charge is 2.50. The van der Waals surface area contributed by atoms with Crippen LogP contribution in [0.1, 0.15) is 31.4 Å². The smallest absolute Gasteiger partial charge is 0.309 e. The molecule has 3 rings (SSSR count). The Morgan fingerprint density at radius 3 is 2.41 bits per heavy atom. The van der Waals surface area contributed by atoms with Crippen LogP contribution in [0.3, 0.4) is 0 Å². The van der Waals surface area contributed by atoms with E-state index in [-0.39, 0.29) is 17.4 Å². The number of ether oxygens (including phenoxy) is 1. The molecular formula is C21H25NO4S. The Morgan fingerprint density at radius 2 is 1.81 bits per heavy atom. The number of hydrogen-bond acceptors (Lipinski definition) is 4. The number of rotatable bonds is 5. The topological polar surface area (TPSA) is 63.7 Å². The maximum atomic E-state index is 13.4. The summed E-state index contributed by atoms with van der Waals surface area (Å²) in [5.74, 6) is -0.744. The molecule has 0 N–H and O–H groups in total. The van der Waals surface area contributed by atoms with E-state index in [4.69, 9.17) is 4.74 Å². The maximum Gasteiger partial charge on any atom is 0.309 e. The van der Waals surface area contributed by atoms with Crippen molar-refractivity contribution in [3.63, 3.8) is 0 Å². The standard InChI is InChI=1S/C21H25NO4S/c1-5-17(20(23)26-4)21(3)14-22(19-9-7-6-8-18(19)21)27(24,25)16-12-10-15(2)11-13-16/h6-13,17H,5,14H2,1-4H3/t17-,21+/m1/s1. The molecule has 0 aliphatic carbocycles. The quantitative estimate of drug-likeness (QED) is 0.735. The second-order valence-electron chi connectivity index (χ2n) is 7.24. The zero-order chi connectivity index (χ0) is 19.8. The molecule has 0 radical (unpaired) electrons. The molecule has 2 aromatic carbocycles. The summed E-state index contributed by atoms with van der Waals surface area (Å²) in [7, 11) is -2.36. The van der Waals surface area contributed by atoms with Gasteiger partial charge in [-0.2, -0.15) is 0 Å². The molecule has 2 aromatic rings. The highest BCUT2D eigenvalue weighted by atomic mass is 32.2. The van der Waals surface area contributed by atoms with Crippen molar-refractivity contribution in [2.75, 3.05) is 18.0 Å². The van der Waals surface area contributed by atoms with Gasteiger partial charge < -0.3 is 4.74 Å². The molecular weight excluding hydrogens is 362 g/mol. The highest BCUT2D eigenvalue weighted by molar-refractivity contribution is 7.92. The van der Waals surface area contributed by atoms with Crippen LogP contribution in [0.25, 0.3) is 0 Å². The Labute approximate surface area is 161 Å². The van der Waals surface area contributed by atoms with Crippen molar-refractivity contribution in [3.8, 4) is 0 Å². The monoisotopic (exact) mass is 387 g/mol. The molecule has 0 bridgehead atoms. The van der Waals surface area contributed by atoms with Crippen molar-refractivity contribution >= 4 is 21.7 Å². The molecule has 0 saturated carbocycles. The number of methoxy groups -OCH3 is 1. The molecule has 2 atom stereocenters. The number of fused-ring (bicyclic) bond motifs is 1. The Bertz CT molecular complexity index is 952. The summed E-state index contributed by atoms with van der Waals surface area (Å²) >= 11 is 0. The van der Waals surface area contributed by atoms with E-state index in [0.29, 0.717) is 12.1 Å². The Kier molecular flexibility index (Phi) is 5.04. The maximum absolute atomic E-state index is 13.4. The number of carbonyl (C=O) groups excluding carboxylic acids is 1. The number of nitrogens with zero attached hydrogens (tertiary/aromatic N) is 1. The van der Waals surface area contributed by atoms with Crippen LogP contribution in [0, 0.1) is 12.8 Å². The van der Waals surface area contributed by atoms with E-state index < -0.39 is 21.4 Å². The summed E-state index contributed by atoms with van der Waals surface area (Å²) < 4.78 is 33.1. The number of carbonyl (C=O) groups is 1. The first-order valence-corrected chi connectivity index (χ1v) is 10.5. The summed E-state index contributed by atoms with van der Waals surface area (Å²) in [6, 6.07) is 14.2. The van der Waals surface area contributed by atoms with Crippen LogP contribution in [0.5, 0.6) is 0 Å². The van der Waals surface area contributed by atoms with E-state index in [9.17, 15) is 13.2 Å². The molecule has 0 saturated heterocycles. The molecule has 0 amide bonds. The molecule has 0 spiro atoms. The van der Waals surface area contributed by atoms with Crippen LogP contribution in [-0.2, 0) is 25.0 Å². The lowest BCUT2D eigenvalue weighted by Gasteiger charge is -2.32. The highest BCUT2D eigenvalue weighted by Crippen LogP contribution is 2.48. The summed E-state index contributed by atoms with van der Waals surface area (Å²) in [5.41, 5.74) is 1.83. The largest absolute Gasteiger partial charge is 0.469 e. The van der Waals surface area contributed by atoms with Gasteiger partial charge in [0.25, 0.3) is 10.0 Å². The van der Waals surface area contributed by atoms with E-state index in [0.717, 1.165) is 11.1 Å². The molecule has 0 aromatic heterocycles. The summed E-state index contributed by atoms with van der Waals surface area (Å²) in [6.45, 7) is 5.99. The summed E-state index contributed by atoms with van der Waals surface area (Å²) in [6.07, 6.45) is 0.565. The third-order valence-corrected chi connectivity index (χ3v) is 7.31. The Morgan fingerprint density at radius 1 is 1.19 bits per heavy atom. The summed E-state index contributed by atoms with van der Waals surface area (Å²) in [5, 5.41) is 0. The zero-order valence-electron chi connectivity index (χ0n) is 16.1. The van der Waals surface area contributed by atoms with Crippen molar-refractivity contribution in [3.05, 3.63) is 59.7 Å². The fourth-order valence-electron chi connectivity index (χ4n) is 4.01. The zero-order valence-corrected chi connectivity index (χ0v) is 16.9. The van der Waals surface area contributed by atoms with Crippen molar-refractivity contribution in [2.24, 2.45) is 5.92 Å². The van der Waals surface area contributed by atoms with Crippen LogP contribution in [-0.4, -0.2) is 28.0 Å². The summed E-state index contributed by atoms with van der Waals surface area (Å²) in [4.78, 5) is 12.7. The molecule has 1 aliphatic rings. The van der Waals surface area contributed by atoms with Crippen LogP contribution in [0.2, 0.25) is 0 Å². The van der Waals surface area contributed by atoms with Crippen LogP contribution in [0.15, 0.2) is 53.4 Å². The van der Waals surface area contributed by atoms with Gasteiger partial charge in [-0.1, -0.05) is 49.7 Å². The number of para-hydroxylation sites is 1. The van der Waals surface area contributed by atoms with Crippen LogP contribution in [0.4, 0.5) is 5.69 Å². The molecule has 1 heterocycles. The Hall–Kier alpha value is -2.34. The number of hydrogen-bond donors (Lipinski definition) is 0. The number of aryl methyl sites for hydroxylation is 1. The third-order valence-electron chi connectivity index (χ3n) is 5.53. The minimum absolute atomic E-state index is 0.205. The predicted octanol–water partition coefficient (Wildman–Crippen LogP) is 3.66. The van der Waals surface area contributed by atoms with Gasteiger partial charge in [-0.25, -0.2) is 8.42 Å². The second kappa shape index (κ2) is 7.00. The lowest BCUT2D eigenvalue weighted by Crippen LogP contribution is -2.43. The SMILES string of the molecule is CC[C@H](C(=O)OC)[C@]1(C)CN(S(=O)(=O)c2ccc(C)cc2)c2ccccc21. The molecule has 27 heavy (non-hydrogen) atoms. The predicted molar refractivity (Wildman–Crippen MR) is 105 cm³/mol. The Balaban J connectivity index is 2.12. The molecule has 144 valence electrons.